The molecule has 8 nitrogen and oxygen atoms in total. The second-order valence-electron chi connectivity index (χ2n) is 8.62. The monoisotopic (exact) mass is 659 g/mol. The first-order valence-corrected chi connectivity index (χ1v) is 13.8. The van der Waals surface area contributed by atoms with Gasteiger partial charge in [-0.25, -0.2) is 9.69 Å². The lowest BCUT2D eigenvalue weighted by molar-refractivity contribution is -0.127. The van der Waals surface area contributed by atoms with Crippen LogP contribution >= 0.6 is 34.2 Å². The van der Waals surface area contributed by atoms with E-state index in [1.807, 2.05) is 56.3 Å². The highest BCUT2D eigenvalue weighted by atomic mass is 127. The van der Waals surface area contributed by atoms with Crippen LogP contribution in [-0.2, 0) is 22.6 Å². The van der Waals surface area contributed by atoms with E-state index < -0.39 is 24.4 Å². The largest absolute Gasteiger partial charge is 0.490 e. The summed E-state index contributed by atoms with van der Waals surface area (Å²) in [6.07, 6.45) is 2.22. The summed E-state index contributed by atoms with van der Waals surface area (Å²) < 4.78 is 12.8. The van der Waals surface area contributed by atoms with Gasteiger partial charge < -0.3 is 20.1 Å². The zero-order valence-corrected chi connectivity index (χ0v) is 24.3. The summed E-state index contributed by atoms with van der Waals surface area (Å²) in [5.74, 6) is -0.305. The standard InChI is InChI=1S/C29H27ClIN3O5/c1-3-20-7-5-6-8-23(20)32-26(35)16-34-28(36)24(33-29(34)37)14-19-13-22(30)27(25(15-19)38-4-2)39-17-18-9-11-21(31)12-10-18/h5-15H,3-4,16-17H2,1-2H3,(H,32,35)(H,33,37)/b24-14+. The number of aryl methyl sites for hydroxylation is 1. The van der Waals surface area contributed by atoms with Crippen molar-refractivity contribution in [3.63, 3.8) is 0 Å². The number of ether oxygens (including phenoxy) is 2. The van der Waals surface area contributed by atoms with E-state index in [0.29, 0.717) is 41.0 Å². The minimum atomic E-state index is -0.682. The van der Waals surface area contributed by atoms with Crippen LogP contribution in [0, 0.1) is 3.57 Å². The molecule has 1 heterocycles. The number of para-hydroxylation sites is 1. The van der Waals surface area contributed by atoms with Gasteiger partial charge in [-0.3, -0.25) is 9.59 Å². The molecule has 0 spiro atoms. The Morgan fingerprint density at radius 3 is 2.54 bits per heavy atom. The predicted octanol–water partition coefficient (Wildman–Crippen LogP) is 6.02. The second kappa shape index (κ2) is 13.0. The van der Waals surface area contributed by atoms with E-state index in [1.165, 1.54) is 6.08 Å². The van der Waals surface area contributed by atoms with Gasteiger partial charge in [0.1, 0.15) is 18.8 Å². The average Bonchev–Trinajstić information content (AvgIpc) is 3.16. The van der Waals surface area contributed by atoms with E-state index in [4.69, 9.17) is 21.1 Å². The number of benzene rings is 3. The summed E-state index contributed by atoms with van der Waals surface area (Å²) in [4.78, 5) is 39.0. The molecule has 4 rings (SSSR count). The van der Waals surface area contributed by atoms with Crippen LogP contribution < -0.4 is 20.1 Å². The van der Waals surface area contributed by atoms with Crippen LogP contribution in [0.3, 0.4) is 0 Å². The molecule has 0 unspecified atom stereocenters. The minimum absolute atomic E-state index is 0.0211. The molecule has 0 bridgehead atoms. The molecule has 3 aromatic rings. The summed E-state index contributed by atoms with van der Waals surface area (Å²) in [6, 6.07) is 17.9. The van der Waals surface area contributed by atoms with Crippen LogP contribution in [0.15, 0.2) is 66.4 Å². The molecule has 1 fully saturated rings. The van der Waals surface area contributed by atoms with Gasteiger partial charge >= 0.3 is 6.03 Å². The highest BCUT2D eigenvalue weighted by Crippen LogP contribution is 2.38. The van der Waals surface area contributed by atoms with Gasteiger partial charge in [-0.15, -0.1) is 0 Å². The third-order valence-corrected chi connectivity index (χ3v) is 6.88. The summed E-state index contributed by atoms with van der Waals surface area (Å²) in [5, 5.41) is 5.60. The molecule has 39 heavy (non-hydrogen) atoms. The van der Waals surface area contributed by atoms with E-state index >= 15 is 0 Å². The molecule has 0 aliphatic carbocycles. The molecular formula is C29H27ClIN3O5. The summed E-state index contributed by atoms with van der Waals surface area (Å²) in [5.41, 5.74) is 3.12. The fourth-order valence-corrected chi connectivity index (χ4v) is 4.61. The van der Waals surface area contributed by atoms with Gasteiger partial charge in [0.05, 0.1) is 11.6 Å². The average molecular weight is 660 g/mol. The Bertz CT molecular complexity index is 1420. The van der Waals surface area contributed by atoms with Gasteiger partial charge in [-0.05, 0) is 89.0 Å². The lowest BCUT2D eigenvalue weighted by Crippen LogP contribution is -2.38. The number of hydrogen-bond donors (Lipinski definition) is 2. The molecule has 10 heteroatoms. The Morgan fingerprint density at radius 1 is 1.08 bits per heavy atom. The first-order valence-electron chi connectivity index (χ1n) is 12.3. The summed E-state index contributed by atoms with van der Waals surface area (Å²) >= 11 is 8.78. The molecule has 0 radical (unpaired) electrons. The number of urea groups is 1. The summed E-state index contributed by atoms with van der Waals surface area (Å²) in [6.45, 7) is 4.06. The SMILES string of the molecule is CCOc1cc(/C=C2/NC(=O)N(CC(=O)Nc3ccccc3CC)C2=O)cc(Cl)c1OCc1ccc(I)cc1. The molecule has 4 amide bonds. The van der Waals surface area contributed by atoms with E-state index in [-0.39, 0.29) is 5.70 Å². The number of nitrogens with zero attached hydrogens (tertiary/aromatic N) is 1. The van der Waals surface area contributed by atoms with Gasteiger partial charge in [0, 0.05) is 9.26 Å². The van der Waals surface area contributed by atoms with Crippen LogP contribution in [0.5, 0.6) is 11.5 Å². The predicted molar refractivity (Wildman–Crippen MR) is 159 cm³/mol. The molecule has 0 saturated carbocycles. The van der Waals surface area contributed by atoms with Crippen LogP contribution in [-0.4, -0.2) is 35.9 Å². The van der Waals surface area contributed by atoms with Crippen molar-refractivity contribution in [1.29, 1.82) is 0 Å². The number of imide groups is 1. The highest BCUT2D eigenvalue weighted by Gasteiger charge is 2.35. The van der Waals surface area contributed by atoms with Gasteiger partial charge in [0.2, 0.25) is 5.91 Å². The Labute approximate surface area is 245 Å². The first kappa shape index (κ1) is 28.4. The van der Waals surface area contributed by atoms with Gasteiger partial charge in [0.15, 0.2) is 11.5 Å². The number of hydrogen-bond acceptors (Lipinski definition) is 5. The maximum absolute atomic E-state index is 13.0. The summed E-state index contributed by atoms with van der Waals surface area (Å²) in [7, 11) is 0. The molecule has 0 aromatic heterocycles. The van der Waals surface area contributed by atoms with Crippen molar-refractivity contribution in [2.45, 2.75) is 26.9 Å². The highest BCUT2D eigenvalue weighted by molar-refractivity contribution is 14.1. The van der Waals surface area contributed by atoms with Gasteiger partial charge in [0.25, 0.3) is 5.91 Å². The molecule has 1 saturated heterocycles. The second-order valence-corrected chi connectivity index (χ2v) is 10.3. The van der Waals surface area contributed by atoms with Crippen molar-refractivity contribution in [3.8, 4) is 11.5 Å². The zero-order valence-electron chi connectivity index (χ0n) is 21.4. The van der Waals surface area contributed by atoms with E-state index in [0.717, 1.165) is 26.0 Å². The number of halogens is 2. The Kier molecular flexibility index (Phi) is 9.47. The quantitative estimate of drug-likeness (QED) is 0.158. The number of carbonyl (C=O) groups excluding carboxylic acids is 3. The van der Waals surface area contributed by atoms with E-state index in [9.17, 15) is 14.4 Å². The maximum atomic E-state index is 13.0. The van der Waals surface area contributed by atoms with Crippen molar-refractivity contribution in [3.05, 3.63) is 91.6 Å². The third kappa shape index (κ3) is 7.10. The zero-order chi connectivity index (χ0) is 27.9. The number of rotatable bonds is 10. The van der Waals surface area contributed by atoms with E-state index in [1.54, 1.807) is 18.2 Å². The molecule has 0 atom stereocenters. The Morgan fingerprint density at radius 2 is 1.82 bits per heavy atom. The lowest BCUT2D eigenvalue weighted by Gasteiger charge is -2.15. The fraction of sp³-hybridized carbons (Fsp3) is 0.207. The third-order valence-electron chi connectivity index (χ3n) is 5.88. The van der Waals surface area contributed by atoms with Crippen LogP contribution in [0.4, 0.5) is 10.5 Å². The van der Waals surface area contributed by atoms with Crippen LogP contribution in [0.25, 0.3) is 6.08 Å². The van der Waals surface area contributed by atoms with Crippen molar-refractivity contribution in [2.24, 2.45) is 0 Å². The molecule has 202 valence electrons. The molecule has 1 aliphatic rings. The van der Waals surface area contributed by atoms with Crippen molar-refractivity contribution >= 4 is 63.8 Å². The minimum Gasteiger partial charge on any atom is -0.490 e. The molecule has 1 aliphatic heterocycles. The maximum Gasteiger partial charge on any atom is 0.329 e. The van der Waals surface area contributed by atoms with Crippen LogP contribution in [0.1, 0.15) is 30.5 Å². The Hall–Kier alpha value is -3.57. The number of amides is 4. The normalized spacial score (nSPS) is 13.9. The van der Waals surface area contributed by atoms with Crippen LogP contribution in [0.2, 0.25) is 5.02 Å². The fourth-order valence-electron chi connectivity index (χ4n) is 3.98. The topological polar surface area (TPSA) is 97.0 Å². The Balaban J connectivity index is 1.49. The molecule has 3 aromatic carbocycles. The van der Waals surface area contributed by atoms with Crippen molar-refractivity contribution in [2.75, 3.05) is 18.5 Å². The smallest absolute Gasteiger partial charge is 0.329 e. The van der Waals surface area contributed by atoms with E-state index in [2.05, 4.69) is 33.2 Å². The van der Waals surface area contributed by atoms with Crippen molar-refractivity contribution in [1.82, 2.24) is 10.2 Å². The van der Waals surface area contributed by atoms with Crippen molar-refractivity contribution < 1.29 is 23.9 Å². The number of anilines is 1. The lowest BCUT2D eigenvalue weighted by atomic mass is 10.1. The van der Waals surface area contributed by atoms with Gasteiger partial charge in [-0.1, -0.05) is 48.9 Å². The molecular weight excluding hydrogens is 633 g/mol. The van der Waals surface area contributed by atoms with Gasteiger partial charge in [-0.2, -0.15) is 0 Å². The molecule has 2 N–H and O–H groups in total. The number of carbonyl (C=O) groups is 3. The number of nitrogens with one attached hydrogen (secondary N) is 2. The first-order chi connectivity index (χ1) is 18.8.